The Morgan fingerprint density at radius 1 is 1.10 bits per heavy atom. The van der Waals surface area contributed by atoms with Crippen LogP contribution in [0.2, 0.25) is 0 Å². The Morgan fingerprint density at radius 2 is 1.71 bits per heavy atom. The van der Waals surface area contributed by atoms with E-state index in [1.165, 1.54) is 0 Å². The summed E-state index contributed by atoms with van der Waals surface area (Å²) in [4.78, 5) is 13.5. The van der Waals surface area contributed by atoms with Crippen molar-refractivity contribution >= 4 is 5.97 Å². The lowest BCUT2D eigenvalue weighted by atomic mass is 9.95. The smallest absolute Gasteiger partial charge is 0.323 e. The summed E-state index contributed by atoms with van der Waals surface area (Å²) in [5.74, 6) is -0.790. The molecule has 0 fully saturated rings. The lowest BCUT2D eigenvalue weighted by Gasteiger charge is -2.25. The standard InChI is InChI=1S/C15H32N2O4/c1-15(16-2,14(18)19)8-5-6-9-17(11-13-21-4)10-7-12-20-3/h16H,5-13H2,1-4H3,(H,18,19). The second kappa shape index (κ2) is 11.9. The molecule has 0 bridgehead atoms. The summed E-state index contributed by atoms with van der Waals surface area (Å²) in [5.41, 5.74) is -0.826. The van der Waals surface area contributed by atoms with Crippen molar-refractivity contribution in [3.8, 4) is 0 Å². The van der Waals surface area contributed by atoms with Gasteiger partial charge in [-0.05, 0) is 46.2 Å². The van der Waals surface area contributed by atoms with E-state index in [1.807, 2.05) is 0 Å². The van der Waals surface area contributed by atoms with E-state index in [4.69, 9.17) is 9.47 Å². The first-order chi connectivity index (χ1) is 10.00. The van der Waals surface area contributed by atoms with E-state index in [9.17, 15) is 9.90 Å². The van der Waals surface area contributed by atoms with Crippen LogP contribution in [0.1, 0.15) is 32.6 Å². The summed E-state index contributed by atoms with van der Waals surface area (Å²) in [6.07, 6.45) is 3.51. The lowest BCUT2D eigenvalue weighted by molar-refractivity contribution is -0.144. The van der Waals surface area contributed by atoms with Crippen molar-refractivity contribution in [3.05, 3.63) is 0 Å². The van der Waals surface area contributed by atoms with Crippen molar-refractivity contribution in [1.82, 2.24) is 10.2 Å². The van der Waals surface area contributed by atoms with E-state index in [1.54, 1.807) is 28.2 Å². The van der Waals surface area contributed by atoms with Gasteiger partial charge < -0.3 is 24.8 Å². The highest BCUT2D eigenvalue weighted by Gasteiger charge is 2.30. The highest BCUT2D eigenvalue weighted by atomic mass is 16.5. The van der Waals surface area contributed by atoms with Crippen molar-refractivity contribution in [2.24, 2.45) is 0 Å². The van der Waals surface area contributed by atoms with E-state index in [2.05, 4.69) is 10.2 Å². The summed E-state index contributed by atoms with van der Waals surface area (Å²) in [6.45, 7) is 6.07. The molecule has 21 heavy (non-hydrogen) atoms. The molecule has 0 aliphatic heterocycles. The molecule has 0 aromatic rings. The topological polar surface area (TPSA) is 71.0 Å². The molecule has 1 unspecified atom stereocenters. The van der Waals surface area contributed by atoms with Crippen LogP contribution in [0.15, 0.2) is 0 Å². The average Bonchev–Trinajstić information content (AvgIpc) is 2.47. The SMILES string of the molecule is CNC(C)(CCCCN(CCCOC)CCOC)C(=O)O. The molecule has 0 aromatic carbocycles. The zero-order chi connectivity index (χ0) is 16.1. The molecule has 0 heterocycles. The van der Waals surface area contributed by atoms with E-state index in [-0.39, 0.29) is 0 Å². The molecule has 6 heteroatoms. The maximum Gasteiger partial charge on any atom is 0.323 e. The molecule has 0 aromatic heterocycles. The lowest BCUT2D eigenvalue weighted by Crippen LogP contribution is -2.47. The third kappa shape index (κ3) is 9.03. The molecule has 0 aliphatic rings. The first kappa shape index (κ1) is 20.3. The first-order valence-electron chi connectivity index (χ1n) is 7.62. The molecule has 0 saturated heterocycles. The number of carbonyl (C=O) groups is 1. The number of hydrogen-bond acceptors (Lipinski definition) is 5. The molecule has 6 nitrogen and oxygen atoms in total. The summed E-state index contributed by atoms with van der Waals surface area (Å²) >= 11 is 0. The fourth-order valence-electron chi connectivity index (χ4n) is 2.14. The van der Waals surface area contributed by atoms with Crippen LogP contribution in [0.25, 0.3) is 0 Å². The fourth-order valence-corrected chi connectivity index (χ4v) is 2.14. The highest BCUT2D eigenvalue weighted by Crippen LogP contribution is 2.14. The minimum atomic E-state index is -0.826. The molecule has 126 valence electrons. The molecule has 2 N–H and O–H groups in total. The van der Waals surface area contributed by atoms with Crippen molar-refractivity contribution in [3.63, 3.8) is 0 Å². The van der Waals surface area contributed by atoms with Crippen LogP contribution in [0.3, 0.4) is 0 Å². The van der Waals surface area contributed by atoms with Gasteiger partial charge in [-0.25, -0.2) is 0 Å². The summed E-state index contributed by atoms with van der Waals surface area (Å²) in [5, 5.41) is 12.1. The third-order valence-electron chi connectivity index (χ3n) is 3.86. The molecular weight excluding hydrogens is 272 g/mol. The van der Waals surface area contributed by atoms with Gasteiger partial charge in [-0.3, -0.25) is 4.79 Å². The second-order valence-corrected chi connectivity index (χ2v) is 5.53. The minimum Gasteiger partial charge on any atom is -0.480 e. The molecule has 0 rings (SSSR count). The molecule has 0 spiro atoms. The maximum absolute atomic E-state index is 11.2. The molecular formula is C15H32N2O4. The van der Waals surface area contributed by atoms with Gasteiger partial charge in [0, 0.05) is 33.9 Å². The van der Waals surface area contributed by atoms with Gasteiger partial charge in [0.1, 0.15) is 5.54 Å². The van der Waals surface area contributed by atoms with Gasteiger partial charge >= 0.3 is 5.97 Å². The molecule has 0 radical (unpaired) electrons. The molecule has 0 saturated carbocycles. The Kier molecular flexibility index (Phi) is 11.5. The van der Waals surface area contributed by atoms with E-state index in [0.29, 0.717) is 6.42 Å². The number of ether oxygens (including phenoxy) is 2. The predicted molar refractivity (Wildman–Crippen MR) is 83.8 cm³/mol. The Hall–Kier alpha value is -0.690. The van der Waals surface area contributed by atoms with Crippen molar-refractivity contribution < 1.29 is 19.4 Å². The Labute approximate surface area is 128 Å². The normalized spacial score (nSPS) is 14.3. The van der Waals surface area contributed by atoms with Gasteiger partial charge in [-0.1, -0.05) is 0 Å². The van der Waals surface area contributed by atoms with Crippen LogP contribution in [0.5, 0.6) is 0 Å². The number of carboxylic acid groups (broad SMARTS) is 1. The van der Waals surface area contributed by atoms with Gasteiger partial charge in [-0.2, -0.15) is 0 Å². The van der Waals surface area contributed by atoms with Crippen molar-refractivity contribution in [2.75, 3.05) is 54.1 Å². The van der Waals surface area contributed by atoms with Crippen LogP contribution in [-0.4, -0.2) is 75.6 Å². The van der Waals surface area contributed by atoms with Gasteiger partial charge in [0.25, 0.3) is 0 Å². The Balaban J connectivity index is 4.02. The number of nitrogens with one attached hydrogen (secondary N) is 1. The number of aliphatic carboxylic acids is 1. The molecule has 0 aliphatic carbocycles. The maximum atomic E-state index is 11.2. The zero-order valence-electron chi connectivity index (χ0n) is 14.0. The summed E-state index contributed by atoms with van der Waals surface area (Å²) in [6, 6.07) is 0. The van der Waals surface area contributed by atoms with Crippen LogP contribution in [0.4, 0.5) is 0 Å². The van der Waals surface area contributed by atoms with Crippen LogP contribution < -0.4 is 5.32 Å². The summed E-state index contributed by atoms with van der Waals surface area (Å²) < 4.78 is 10.2. The van der Waals surface area contributed by atoms with E-state index < -0.39 is 11.5 Å². The van der Waals surface area contributed by atoms with Gasteiger partial charge in [0.2, 0.25) is 0 Å². The first-order valence-corrected chi connectivity index (χ1v) is 7.62. The van der Waals surface area contributed by atoms with Crippen LogP contribution in [-0.2, 0) is 14.3 Å². The fraction of sp³-hybridized carbons (Fsp3) is 0.933. The number of unbranched alkanes of at least 4 members (excludes halogenated alkanes) is 1. The monoisotopic (exact) mass is 304 g/mol. The minimum absolute atomic E-state index is 0.634. The molecule has 1 atom stereocenters. The van der Waals surface area contributed by atoms with Gasteiger partial charge in [0.15, 0.2) is 0 Å². The zero-order valence-corrected chi connectivity index (χ0v) is 14.0. The highest BCUT2D eigenvalue weighted by molar-refractivity contribution is 5.78. The molecule has 0 amide bonds. The number of hydrogen-bond donors (Lipinski definition) is 2. The van der Waals surface area contributed by atoms with E-state index >= 15 is 0 Å². The largest absolute Gasteiger partial charge is 0.480 e. The Morgan fingerprint density at radius 3 is 2.24 bits per heavy atom. The number of nitrogens with zero attached hydrogens (tertiary/aromatic N) is 1. The third-order valence-corrected chi connectivity index (χ3v) is 3.86. The average molecular weight is 304 g/mol. The van der Waals surface area contributed by atoms with Crippen molar-refractivity contribution in [1.29, 1.82) is 0 Å². The van der Waals surface area contributed by atoms with Crippen LogP contribution in [0, 0.1) is 0 Å². The summed E-state index contributed by atoms with van der Waals surface area (Å²) in [7, 11) is 5.12. The van der Waals surface area contributed by atoms with Gasteiger partial charge in [0.05, 0.1) is 6.61 Å². The van der Waals surface area contributed by atoms with Crippen LogP contribution >= 0.6 is 0 Å². The quantitative estimate of drug-likeness (QED) is 0.470. The van der Waals surface area contributed by atoms with Gasteiger partial charge in [-0.15, -0.1) is 0 Å². The number of carboxylic acids is 1. The Bertz CT molecular complexity index is 276. The number of methoxy groups -OCH3 is 2. The second-order valence-electron chi connectivity index (χ2n) is 5.53. The van der Waals surface area contributed by atoms with E-state index in [0.717, 1.165) is 52.1 Å². The predicted octanol–water partition coefficient (Wildman–Crippen LogP) is 1.20. The number of rotatable bonds is 14. The number of likely N-dealkylation sites (N-methyl/N-ethyl adjacent to an activating group) is 1. The van der Waals surface area contributed by atoms with Crippen molar-refractivity contribution in [2.45, 2.75) is 38.1 Å².